The highest BCUT2D eigenvalue weighted by atomic mass is 32.2. The third kappa shape index (κ3) is 3.73. The lowest BCUT2D eigenvalue weighted by Crippen LogP contribution is -2.35. The Labute approximate surface area is 122 Å². The van der Waals surface area contributed by atoms with Crippen LogP contribution in [-0.2, 0) is 9.84 Å². The van der Waals surface area contributed by atoms with Gasteiger partial charge < -0.3 is 10.1 Å². The molecule has 0 aliphatic carbocycles. The maximum Gasteiger partial charge on any atom is 0.151 e. The average Bonchev–Trinajstić information content (AvgIpc) is 2.33. The van der Waals surface area contributed by atoms with Crippen LogP contribution in [-0.4, -0.2) is 33.6 Å². The number of ether oxygens (including phenoxy) is 1. The molecule has 0 aromatic heterocycles. The zero-order valence-electron chi connectivity index (χ0n) is 13.1. The highest BCUT2D eigenvalue weighted by molar-refractivity contribution is 7.91. The molecule has 114 valence electrons. The molecule has 1 aromatic rings. The zero-order valence-corrected chi connectivity index (χ0v) is 14.0. The van der Waals surface area contributed by atoms with Crippen molar-refractivity contribution in [3.63, 3.8) is 0 Å². The lowest BCUT2D eigenvalue weighted by Gasteiger charge is -2.25. The van der Waals surface area contributed by atoms with Crippen LogP contribution in [0.1, 0.15) is 36.6 Å². The topological polar surface area (TPSA) is 55.4 Å². The Balaban J connectivity index is 3.29. The number of sulfone groups is 1. The molecular formula is C15H25NO3S. The molecule has 4 nitrogen and oxygen atoms in total. The largest absolute Gasteiger partial charge is 0.496 e. The van der Waals surface area contributed by atoms with Crippen molar-refractivity contribution in [2.24, 2.45) is 0 Å². The van der Waals surface area contributed by atoms with Gasteiger partial charge in [0.25, 0.3) is 0 Å². The second-order valence-corrected chi connectivity index (χ2v) is 7.66. The smallest absolute Gasteiger partial charge is 0.151 e. The van der Waals surface area contributed by atoms with Crippen LogP contribution in [0.3, 0.4) is 0 Å². The Morgan fingerprint density at radius 3 is 2.10 bits per heavy atom. The van der Waals surface area contributed by atoms with Gasteiger partial charge in [0.15, 0.2) is 9.84 Å². The minimum Gasteiger partial charge on any atom is -0.496 e. The fourth-order valence-corrected chi connectivity index (χ4v) is 3.25. The van der Waals surface area contributed by atoms with Crippen LogP contribution in [0.25, 0.3) is 0 Å². The molecule has 20 heavy (non-hydrogen) atoms. The fourth-order valence-electron chi connectivity index (χ4n) is 2.51. The van der Waals surface area contributed by atoms with Crippen molar-refractivity contribution in [2.75, 3.05) is 19.9 Å². The van der Waals surface area contributed by atoms with Crippen molar-refractivity contribution in [3.8, 4) is 5.75 Å². The Bertz CT molecular complexity index is 543. The summed E-state index contributed by atoms with van der Waals surface area (Å²) in [5, 5.41) is 2.80. The molecule has 0 spiro atoms. The maximum atomic E-state index is 11.8. The summed E-state index contributed by atoms with van der Waals surface area (Å²) in [7, 11) is -1.46. The SMILES string of the molecule is CCNC(c1cc(C)c(OC)c(C)c1)C(C)S(C)(=O)=O. The van der Waals surface area contributed by atoms with Crippen molar-refractivity contribution in [1.29, 1.82) is 0 Å². The van der Waals surface area contributed by atoms with E-state index in [2.05, 4.69) is 5.32 Å². The van der Waals surface area contributed by atoms with Gasteiger partial charge in [-0.3, -0.25) is 0 Å². The molecule has 0 aliphatic heterocycles. The molecule has 1 aromatic carbocycles. The molecule has 0 bridgehead atoms. The van der Waals surface area contributed by atoms with Gasteiger partial charge in [0.05, 0.1) is 12.4 Å². The van der Waals surface area contributed by atoms with Crippen LogP contribution >= 0.6 is 0 Å². The second-order valence-electron chi connectivity index (χ2n) is 5.26. The average molecular weight is 299 g/mol. The molecule has 2 unspecified atom stereocenters. The number of hydrogen-bond donors (Lipinski definition) is 1. The van der Waals surface area contributed by atoms with Gasteiger partial charge in [0, 0.05) is 12.3 Å². The highest BCUT2D eigenvalue weighted by Gasteiger charge is 2.27. The number of rotatable bonds is 6. The summed E-state index contributed by atoms with van der Waals surface area (Å²) in [5.41, 5.74) is 3.03. The van der Waals surface area contributed by atoms with E-state index in [4.69, 9.17) is 4.74 Å². The van der Waals surface area contributed by atoms with Crippen molar-refractivity contribution < 1.29 is 13.2 Å². The summed E-state index contributed by atoms with van der Waals surface area (Å²) in [4.78, 5) is 0. The monoisotopic (exact) mass is 299 g/mol. The first-order valence-corrected chi connectivity index (χ1v) is 8.75. The van der Waals surface area contributed by atoms with Crippen LogP contribution in [0.5, 0.6) is 5.75 Å². The quantitative estimate of drug-likeness (QED) is 0.876. The predicted molar refractivity (Wildman–Crippen MR) is 83.2 cm³/mol. The van der Waals surface area contributed by atoms with Gasteiger partial charge >= 0.3 is 0 Å². The Morgan fingerprint density at radius 1 is 1.25 bits per heavy atom. The van der Waals surface area contributed by atoms with E-state index >= 15 is 0 Å². The number of aryl methyl sites for hydroxylation is 2. The molecule has 0 saturated carbocycles. The third-order valence-corrected chi connectivity index (χ3v) is 5.24. The first-order chi connectivity index (χ1) is 9.22. The van der Waals surface area contributed by atoms with Crippen molar-refractivity contribution in [1.82, 2.24) is 5.32 Å². The molecule has 0 saturated heterocycles. The van der Waals surface area contributed by atoms with Gasteiger partial charge in [-0.25, -0.2) is 8.42 Å². The molecule has 0 heterocycles. The summed E-state index contributed by atoms with van der Waals surface area (Å²) >= 11 is 0. The van der Waals surface area contributed by atoms with E-state index in [1.807, 2.05) is 32.9 Å². The van der Waals surface area contributed by atoms with Crippen molar-refractivity contribution in [2.45, 2.75) is 39.0 Å². The summed E-state index contributed by atoms with van der Waals surface area (Å²) in [6, 6.07) is 3.79. The fraction of sp³-hybridized carbons (Fsp3) is 0.600. The van der Waals surface area contributed by atoms with Crippen LogP contribution < -0.4 is 10.1 Å². The molecule has 5 heteroatoms. The van der Waals surface area contributed by atoms with Crippen molar-refractivity contribution in [3.05, 3.63) is 28.8 Å². The van der Waals surface area contributed by atoms with Gasteiger partial charge in [0.2, 0.25) is 0 Å². The zero-order chi connectivity index (χ0) is 15.5. The number of nitrogens with one attached hydrogen (secondary N) is 1. The first-order valence-electron chi connectivity index (χ1n) is 6.79. The second kappa shape index (κ2) is 6.59. The summed E-state index contributed by atoms with van der Waals surface area (Å²) in [6.45, 7) is 8.39. The van der Waals surface area contributed by atoms with E-state index in [1.165, 1.54) is 6.26 Å². The van der Waals surface area contributed by atoms with E-state index in [-0.39, 0.29) is 6.04 Å². The Morgan fingerprint density at radius 2 is 1.75 bits per heavy atom. The summed E-state index contributed by atoms with van der Waals surface area (Å²) < 4.78 is 29.1. The normalized spacial score (nSPS) is 14.9. The molecule has 1 N–H and O–H groups in total. The maximum absolute atomic E-state index is 11.8. The van der Waals surface area contributed by atoms with Gasteiger partial charge in [-0.1, -0.05) is 19.1 Å². The minimum absolute atomic E-state index is 0.210. The molecule has 0 radical (unpaired) electrons. The van der Waals surface area contributed by atoms with Gasteiger partial charge in [-0.05, 0) is 44.0 Å². The molecule has 0 fully saturated rings. The van der Waals surface area contributed by atoms with Gasteiger partial charge in [-0.2, -0.15) is 0 Å². The lowest BCUT2D eigenvalue weighted by molar-refractivity contribution is 0.408. The standard InChI is InChI=1S/C15H25NO3S/c1-7-16-14(12(4)20(6,17)18)13-8-10(2)15(19-5)11(3)9-13/h8-9,12,14,16H,7H2,1-6H3. The van der Waals surface area contributed by atoms with Crippen molar-refractivity contribution >= 4 is 9.84 Å². The summed E-state index contributed by atoms with van der Waals surface area (Å²) in [6.07, 6.45) is 1.28. The molecule has 0 aliphatic rings. The van der Waals surface area contributed by atoms with E-state index in [9.17, 15) is 8.42 Å². The Hall–Kier alpha value is -1.07. The van der Waals surface area contributed by atoms with Crippen LogP contribution in [0, 0.1) is 13.8 Å². The van der Waals surface area contributed by atoms with Crippen LogP contribution in [0.2, 0.25) is 0 Å². The number of methoxy groups -OCH3 is 1. The first kappa shape index (κ1) is 17.0. The van der Waals surface area contributed by atoms with Gasteiger partial charge in [0.1, 0.15) is 5.75 Å². The number of benzene rings is 1. The van der Waals surface area contributed by atoms with E-state index in [0.29, 0.717) is 6.54 Å². The number of hydrogen-bond acceptors (Lipinski definition) is 4. The molecular weight excluding hydrogens is 274 g/mol. The third-order valence-electron chi connectivity index (χ3n) is 3.61. The lowest BCUT2D eigenvalue weighted by atomic mass is 9.98. The summed E-state index contributed by atoms with van der Waals surface area (Å²) in [5.74, 6) is 0.857. The van der Waals surface area contributed by atoms with Gasteiger partial charge in [-0.15, -0.1) is 0 Å². The van der Waals surface area contributed by atoms with E-state index in [0.717, 1.165) is 22.4 Å². The highest BCUT2D eigenvalue weighted by Crippen LogP contribution is 2.30. The van der Waals surface area contributed by atoms with E-state index in [1.54, 1.807) is 14.0 Å². The Kier molecular flexibility index (Phi) is 5.59. The molecule has 2 atom stereocenters. The minimum atomic E-state index is -3.11. The van der Waals surface area contributed by atoms with E-state index < -0.39 is 15.1 Å². The predicted octanol–water partition coefficient (Wildman–Crippen LogP) is 2.40. The molecule has 0 amide bonds. The molecule has 1 rings (SSSR count). The van der Waals surface area contributed by atoms with Crippen LogP contribution in [0.4, 0.5) is 0 Å². The van der Waals surface area contributed by atoms with Crippen LogP contribution in [0.15, 0.2) is 12.1 Å².